The Morgan fingerprint density at radius 3 is 0.562 bits per heavy atom. The first-order chi connectivity index (χ1) is 13.2. The minimum Gasteiger partial charge on any atom is -0.202 e. The van der Waals surface area contributed by atoms with Crippen molar-refractivity contribution in [1.82, 2.24) is 0 Å². The van der Waals surface area contributed by atoms with E-state index in [9.17, 15) is 5.11 Å². The Balaban J connectivity index is 7.00. The fraction of sp³-hybridized carbons (Fsp3) is 1.00. The molecule has 0 aliphatic rings. The molecule has 0 unspecified atom stereocenters. The van der Waals surface area contributed by atoms with Crippen LogP contribution >= 0.6 is 335 Å². The zero-order chi connectivity index (χ0) is 27.0. The topological polar surface area (TPSA) is 19.9 Å². The summed E-state index contributed by atoms with van der Waals surface area (Å²) >= 11 is 76.4. The largest absolute Gasteiger partial charge is 0.239 e. The van der Waals surface area contributed by atoms with Crippen LogP contribution in [0, 0.1) is 0 Å². The number of halogens is 21. The van der Waals surface area contributed by atoms with Crippen molar-refractivity contribution in [3.63, 3.8) is 0 Å². The van der Waals surface area contributed by atoms with Crippen LogP contribution in [0.4, 0.5) is 0 Å². The van der Waals surface area contributed by atoms with E-state index in [0.29, 0.717) is 0 Å². The zero-order valence-corrected chi connectivity index (χ0v) is 46.7. The lowest BCUT2D eigenvalue weighted by Crippen LogP contribution is -2.70. The minimum absolute atomic E-state index is 0.847. The van der Waals surface area contributed by atoms with Crippen LogP contribution in [0.3, 0.4) is 0 Å². The molecule has 0 rings (SSSR count). The molecule has 0 fully saturated rings. The van der Waals surface area contributed by atoms with Gasteiger partial charge in [0.05, 0.1) is 0 Å². The highest BCUT2D eigenvalue weighted by atomic mass is 80.0. The standard InChI is InChI=1S/C10Br21O/c11-1(12,3(15,16)5(19,20)7(23,24)9(27,28)29)2(13,14)4(17,18)6(21,22)8(25,26)10(30,31)32. The molecule has 0 aliphatic heterocycles. The molecule has 22 heteroatoms. The molecule has 0 aromatic carbocycles. The van der Waals surface area contributed by atoms with Gasteiger partial charge in [0, 0.05) is 0 Å². The van der Waals surface area contributed by atoms with Gasteiger partial charge in [-0.1, -0.05) is 303 Å². The van der Waals surface area contributed by atoms with Crippen LogP contribution in [0.2, 0.25) is 0 Å². The van der Waals surface area contributed by atoms with Crippen molar-refractivity contribution in [2.45, 2.75) is 31.4 Å². The van der Waals surface area contributed by atoms with Gasteiger partial charge in [-0.2, -0.15) is 0 Å². The van der Waals surface area contributed by atoms with Crippen LogP contribution in [0.1, 0.15) is 0 Å². The van der Waals surface area contributed by atoms with Crippen molar-refractivity contribution >= 4 is 335 Å². The smallest absolute Gasteiger partial charge is 0.202 e. The van der Waals surface area contributed by atoms with E-state index in [1.165, 1.54) is 0 Å². The van der Waals surface area contributed by atoms with E-state index in [1.807, 2.05) is 0 Å². The highest BCUT2D eigenvalue weighted by molar-refractivity contribution is 9.42. The lowest BCUT2D eigenvalue weighted by molar-refractivity contribution is 0.137. The first-order valence-electron chi connectivity index (χ1n) is 6.42. The Labute approximate surface area is 362 Å². The van der Waals surface area contributed by atoms with E-state index in [2.05, 4.69) is 335 Å². The lowest BCUT2D eigenvalue weighted by atomic mass is 10.1. The summed E-state index contributed by atoms with van der Waals surface area (Å²) in [5.74, 6) is 0. The average Bonchev–Trinajstić information content (AvgIpc) is 2.51. The molecular formula is C10Br21O. The molecule has 0 aliphatic carbocycles. The third kappa shape index (κ3) is 7.36. The summed E-state index contributed by atoms with van der Waals surface area (Å²) in [5, 5.41) is 12.9. The van der Waals surface area contributed by atoms with Gasteiger partial charge in [0.25, 0.3) is 0 Å². The van der Waals surface area contributed by atoms with E-state index in [4.69, 9.17) is 0 Å². The Bertz CT molecular complexity index is 632. The molecule has 0 aromatic heterocycles. The monoisotopic (exact) mass is 1790 g/mol. The normalized spacial score (nSPS) is 17.1. The van der Waals surface area contributed by atoms with Crippen molar-refractivity contribution in [3.05, 3.63) is 0 Å². The summed E-state index contributed by atoms with van der Waals surface area (Å²) in [6.07, 6.45) is 0. The van der Waals surface area contributed by atoms with Gasteiger partial charge < -0.3 is 0 Å². The van der Waals surface area contributed by atoms with Crippen LogP contribution in [-0.4, -0.2) is 31.4 Å². The molecule has 0 spiro atoms. The summed E-state index contributed by atoms with van der Waals surface area (Å²) in [5.41, 5.74) is 0. The number of hydrogen-bond donors (Lipinski definition) is 0. The fourth-order valence-corrected chi connectivity index (χ4v) is 20.4. The minimum atomic E-state index is -1.87. The van der Waals surface area contributed by atoms with E-state index >= 15 is 0 Å². The van der Waals surface area contributed by atoms with Gasteiger partial charge in [0.2, 0.25) is 3.42 Å². The molecule has 0 aromatic rings. The van der Waals surface area contributed by atoms with Crippen molar-refractivity contribution in [2.75, 3.05) is 0 Å². The summed E-state index contributed by atoms with van der Waals surface area (Å²) in [4.78, 5) is 0. The average molecular weight is 1810 g/mol. The summed E-state index contributed by atoms with van der Waals surface area (Å²) in [6.45, 7) is 0. The van der Waals surface area contributed by atoms with Crippen LogP contribution in [0.5, 0.6) is 0 Å². The zero-order valence-electron chi connectivity index (χ0n) is 13.3. The Morgan fingerprint density at radius 2 is 0.406 bits per heavy atom. The van der Waals surface area contributed by atoms with Crippen molar-refractivity contribution in [3.8, 4) is 0 Å². The van der Waals surface area contributed by atoms with E-state index in [0.717, 1.165) is 0 Å². The second kappa shape index (κ2) is 13.4. The number of rotatable bonds is 8. The van der Waals surface area contributed by atoms with Gasteiger partial charge in [0.1, 0.15) is 22.6 Å². The van der Waals surface area contributed by atoms with Crippen molar-refractivity contribution in [2.24, 2.45) is 0 Å². The Kier molecular flexibility index (Phi) is 17.6. The maximum absolute atomic E-state index is 12.9. The number of hydrogen-bond acceptors (Lipinski definition) is 0. The second-order valence-electron chi connectivity index (χ2n) is 5.61. The van der Waals surface area contributed by atoms with Crippen molar-refractivity contribution < 1.29 is 5.11 Å². The maximum atomic E-state index is 12.9. The molecule has 0 saturated heterocycles. The molecule has 0 atom stereocenters. The molecule has 0 saturated carbocycles. The molecule has 0 amide bonds. The Hall–Kier alpha value is 10.0. The predicted octanol–water partition coefficient (Wildman–Crippen LogP) is 15.6. The van der Waals surface area contributed by atoms with Gasteiger partial charge in [-0.05, 0) is 31.9 Å². The molecule has 32 heavy (non-hydrogen) atoms. The molecule has 0 N–H and O–H groups in total. The van der Waals surface area contributed by atoms with Gasteiger partial charge in [-0.25, -0.2) is 5.11 Å². The van der Waals surface area contributed by atoms with Crippen LogP contribution in [-0.2, 0) is 5.11 Å². The summed E-state index contributed by atoms with van der Waals surface area (Å²) < 4.78 is -12.1. The van der Waals surface area contributed by atoms with Gasteiger partial charge in [0.15, 0.2) is 5.38 Å². The maximum Gasteiger partial charge on any atom is 0.239 e. The van der Waals surface area contributed by atoms with Crippen LogP contribution in [0.25, 0.3) is 0 Å². The molecular weight excluding hydrogens is 1810 g/mol. The van der Waals surface area contributed by atoms with E-state index < -0.39 is 31.4 Å². The first kappa shape index (κ1) is 42.0. The van der Waals surface area contributed by atoms with E-state index in [1.54, 1.807) is 0 Å². The Morgan fingerprint density at radius 1 is 0.250 bits per heavy atom. The first-order valence-corrected chi connectivity index (χ1v) is 23.1. The SMILES string of the molecule is [O]C(Br)(Br)C(Br)(Br)C(Br)(Br)C(Br)(Br)C(Br)(Br)C(Br)(Br)C(Br)(Br)C(Br)(Br)C(Br)(Br)C(Br)(Br)Br. The third-order valence-corrected chi connectivity index (χ3v) is 45.6. The van der Waals surface area contributed by atoms with Crippen molar-refractivity contribution in [1.29, 1.82) is 0 Å². The summed E-state index contributed by atoms with van der Waals surface area (Å²) in [6, 6.07) is 0. The predicted molar refractivity (Wildman–Crippen MR) is 215 cm³/mol. The molecule has 1 nitrogen and oxygen atoms in total. The van der Waals surface area contributed by atoms with Crippen LogP contribution < -0.4 is 0 Å². The number of alkyl halides is 21. The summed E-state index contributed by atoms with van der Waals surface area (Å²) in [7, 11) is 0. The molecule has 1 radical (unpaired) electrons. The fourth-order valence-electron chi connectivity index (χ4n) is 1.54. The highest BCUT2D eigenvalue weighted by Gasteiger charge is 2.80. The molecule has 0 bridgehead atoms. The molecule has 193 valence electrons. The lowest BCUT2D eigenvalue weighted by Gasteiger charge is -2.59. The van der Waals surface area contributed by atoms with E-state index in [-0.39, 0.29) is 0 Å². The van der Waals surface area contributed by atoms with Gasteiger partial charge in [-0.15, -0.1) is 0 Å². The van der Waals surface area contributed by atoms with Crippen LogP contribution in [0.15, 0.2) is 0 Å². The quantitative estimate of drug-likeness (QED) is 0.216. The van der Waals surface area contributed by atoms with Gasteiger partial charge in [-0.3, -0.25) is 0 Å². The highest BCUT2D eigenvalue weighted by Crippen LogP contribution is 2.79. The molecule has 0 heterocycles. The second-order valence-corrected chi connectivity index (χ2v) is 43.2. The third-order valence-electron chi connectivity index (χ3n) is 3.48. The van der Waals surface area contributed by atoms with Gasteiger partial charge >= 0.3 is 0 Å².